The van der Waals surface area contributed by atoms with E-state index in [-0.39, 0.29) is 0 Å². The van der Waals surface area contributed by atoms with Gasteiger partial charge in [-0.15, -0.1) is 0 Å². The number of hydrogen-bond acceptors (Lipinski definition) is 3. The molecule has 0 spiro atoms. The third kappa shape index (κ3) is 3.08. The number of rotatable bonds is 4. The molecule has 0 atom stereocenters. The average Bonchev–Trinajstić information content (AvgIpc) is 2.87. The van der Waals surface area contributed by atoms with E-state index in [4.69, 9.17) is 5.73 Å². The first-order valence-corrected chi connectivity index (χ1v) is 7.58. The van der Waals surface area contributed by atoms with Crippen LogP contribution in [0.25, 0.3) is 11.0 Å². The average molecular weight is 297 g/mol. The fraction of sp³-hybridized carbons (Fsp3) is 0.125. The minimum atomic E-state index is -0.401. The summed E-state index contributed by atoms with van der Waals surface area (Å²) < 4.78 is 0. The second-order valence-corrected chi connectivity index (χ2v) is 5.88. The van der Waals surface area contributed by atoms with Crippen molar-refractivity contribution >= 4 is 28.7 Å². The summed E-state index contributed by atoms with van der Waals surface area (Å²) in [7, 11) is 0. The second kappa shape index (κ2) is 5.61. The summed E-state index contributed by atoms with van der Waals surface area (Å²) in [6, 6.07) is 13.5. The normalized spacial score (nSPS) is 10.9. The van der Waals surface area contributed by atoms with Crippen LogP contribution in [0.1, 0.15) is 21.5 Å². The van der Waals surface area contributed by atoms with Gasteiger partial charge in [-0.1, -0.05) is 30.0 Å². The van der Waals surface area contributed by atoms with Gasteiger partial charge in [0.15, 0.2) is 5.16 Å². The third-order valence-electron chi connectivity index (χ3n) is 3.23. The van der Waals surface area contributed by atoms with Crippen LogP contribution in [0.15, 0.2) is 47.6 Å². The van der Waals surface area contributed by atoms with E-state index in [1.54, 1.807) is 23.9 Å². The number of aryl methyl sites for hydroxylation is 1. The molecule has 0 aliphatic rings. The van der Waals surface area contributed by atoms with Gasteiger partial charge in [0.1, 0.15) is 0 Å². The number of amides is 1. The molecule has 2 aromatic carbocycles. The predicted octanol–water partition coefficient (Wildman–Crippen LogP) is 3.26. The summed E-state index contributed by atoms with van der Waals surface area (Å²) in [5.74, 6) is 0.388. The number of primary amides is 1. The maximum absolute atomic E-state index is 11.0. The second-order valence-electron chi connectivity index (χ2n) is 4.91. The number of aromatic amines is 1. The zero-order valence-corrected chi connectivity index (χ0v) is 12.4. The summed E-state index contributed by atoms with van der Waals surface area (Å²) in [5, 5.41) is 0.898. The molecule has 1 amide bonds. The lowest BCUT2D eigenvalue weighted by atomic mass is 10.1. The number of thioether (sulfide) groups is 1. The van der Waals surface area contributed by atoms with Crippen LogP contribution >= 0.6 is 11.8 Å². The molecule has 3 rings (SSSR count). The van der Waals surface area contributed by atoms with Gasteiger partial charge in [0.2, 0.25) is 5.91 Å². The van der Waals surface area contributed by atoms with E-state index in [9.17, 15) is 4.79 Å². The van der Waals surface area contributed by atoms with Crippen molar-refractivity contribution in [3.05, 3.63) is 59.2 Å². The van der Waals surface area contributed by atoms with E-state index in [0.717, 1.165) is 27.5 Å². The van der Waals surface area contributed by atoms with Gasteiger partial charge in [-0.05, 0) is 42.3 Å². The molecule has 0 saturated heterocycles. The van der Waals surface area contributed by atoms with Crippen LogP contribution in [0, 0.1) is 6.92 Å². The smallest absolute Gasteiger partial charge is 0.248 e. The third-order valence-corrected chi connectivity index (χ3v) is 4.17. The summed E-state index contributed by atoms with van der Waals surface area (Å²) in [6.07, 6.45) is 0. The summed E-state index contributed by atoms with van der Waals surface area (Å²) in [6.45, 7) is 2.06. The lowest BCUT2D eigenvalue weighted by molar-refractivity contribution is 0.100. The van der Waals surface area contributed by atoms with E-state index in [1.165, 1.54) is 5.56 Å². The number of carbonyl (C=O) groups is 1. The van der Waals surface area contributed by atoms with Crippen LogP contribution < -0.4 is 5.73 Å². The van der Waals surface area contributed by atoms with E-state index < -0.39 is 5.91 Å². The Morgan fingerprint density at radius 2 is 2.00 bits per heavy atom. The van der Waals surface area contributed by atoms with Crippen molar-refractivity contribution in [1.82, 2.24) is 9.97 Å². The Balaban J connectivity index is 1.72. The van der Waals surface area contributed by atoms with Gasteiger partial charge >= 0.3 is 0 Å². The van der Waals surface area contributed by atoms with Crippen LogP contribution in [-0.2, 0) is 5.75 Å². The monoisotopic (exact) mass is 297 g/mol. The quantitative estimate of drug-likeness (QED) is 0.726. The highest BCUT2D eigenvalue weighted by atomic mass is 32.2. The Labute approximate surface area is 126 Å². The molecule has 1 heterocycles. The number of imidazole rings is 1. The summed E-state index contributed by atoms with van der Waals surface area (Å²) in [4.78, 5) is 18.9. The molecular formula is C16H15N3OS. The molecule has 0 saturated carbocycles. The van der Waals surface area contributed by atoms with Gasteiger partial charge in [-0.3, -0.25) is 4.79 Å². The molecule has 0 aliphatic heterocycles. The molecule has 106 valence electrons. The molecule has 3 N–H and O–H groups in total. The zero-order valence-electron chi connectivity index (χ0n) is 11.6. The fourth-order valence-corrected chi connectivity index (χ4v) is 2.93. The van der Waals surface area contributed by atoms with Gasteiger partial charge in [0.05, 0.1) is 11.0 Å². The van der Waals surface area contributed by atoms with Crippen molar-refractivity contribution in [2.24, 2.45) is 5.73 Å². The van der Waals surface area contributed by atoms with Crippen molar-refractivity contribution in [3.8, 4) is 0 Å². The number of nitrogens with zero attached hydrogens (tertiary/aromatic N) is 1. The first-order valence-electron chi connectivity index (χ1n) is 6.60. The van der Waals surface area contributed by atoms with Crippen LogP contribution in [0.4, 0.5) is 0 Å². The van der Waals surface area contributed by atoms with Crippen molar-refractivity contribution in [1.29, 1.82) is 0 Å². The standard InChI is InChI=1S/C16H15N3OS/c1-10-2-7-13-14(8-10)19-16(18-13)21-9-11-3-5-12(6-4-11)15(17)20/h2-8H,9H2,1H3,(H2,17,20)(H,18,19). The van der Waals surface area contributed by atoms with Crippen LogP contribution in [0.3, 0.4) is 0 Å². The highest BCUT2D eigenvalue weighted by Gasteiger charge is 2.05. The van der Waals surface area contributed by atoms with Gasteiger partial charge < -0.3 is 10.7 Å². The molecular weight excluding hydrogens is 282 g/mol. The highest BCUT2D eigenvalue weighted by molar-refractivity contribution is 7.98. The van der Waals surface area contributed by atoms with E-state index in [2.05, 4.69) is 29.0 Å². The largest absolute Gasteiger partial charge is 0.366 e. The van der Waals surface area contributed by atoms with Crippen molar-refractivity contribution in [3.63, 3.8) is 0 Å². The molecule has 5 heteroatoms. The summed E-state index contributed by atoms with van der Waals surface area (Å²) >= 11 is 1.64. The molecule has 0 bridgehead atoms. The number of nitrogens with one attached hydrogen (secondary N) is 1. The maximum Gasteiger partial charge on any atom is 0.248 e. The maximum atomic E-state index is 11.0. The highest BCUT2D eigenvalue weighted by Crippen LogP contribution is 2.23. The first-order chi connectivity index (χ1) is 10.1. The predicted molar refractivity (Wildman–Crippen MR) is 85.4 cm³/mol. The molecule has 21 heavy (non-hydrogen) atoms. The Morgan fingerprint density at radius 3 is 2.71 bits per heavy atom. The first kappa shape index (κ1) is 13.7. The van der Waals surface area contributed by atoms with Crippen LogP contribution in [0.2, 0.25) is 0 Å². The lowest BCUT2D eigenvalue weighted by Crippen LogP contribution is -2.10. The number of benzene rings is 2. The summed E-state index contributed by atoms with van der Waals surface area (Å²) in [5.41, 5.74) is 10.1. The van der Waals surface area contributed by atoms with Gasteiger partial charge in [-0.2, -0.15) is 0 Å². The lowest BCUT2D eigenvalue weighted by Gasteiger charge is -2.00. The van der Waals surface area contributed by atoms with Crippen molar-refractivity contribution in [2.45, 2.75) is 17.8 Å². The van der Waals surface area contributed by atoms with Gasteiger partial charge in [0, 0.05) is 11.3 Å². The minimum Gasteiger partial charge on any atom is -0.366 e. The number of aromatic nitrogens is 2. The SMILES string of the molecule is Cc1ccc2nc(SCc3ccc(C(N)=O)cc3)[nH]c2c1. The number of nitrogens with two attached hydrogens (primary N) is 1. The van der Waals surface area contributed by atoms with E-state index in [0.29, 0.717) is 5.56 Å². The van der Waals surface area contributed by atoms with Gasteiger partial charge in [-0.25, -0.2) is 4.98 Å². The Morgan fingerprint density at radius 1 is 1.24 bits per heavy atom. The fourth-order valence-electron chi connectivity index (χ4n) is 2.09. The minimum absolute atomic E-state index is 0.401. The molecule has 0 unspecified atom stereocenters. The Hall–Kier alpha value is -2.27. The molecule has 3 aromatic rings. The van der Waals surface area contributed by atoms with Crippen LogP contribution in [-0.4, -0.2) is 15.9 Å². The number of H-pyrrole nitrogens is 1. The van der Waals surface area contributed by atoms with E-state index >= 15 is 0 Å². The van der Waals surface area contributed by atoms with Crippen molar-refractivity contribution < 1.29 is 4.79 Å². The zero-order chi connectivity index (χ0) is 14.8. The Bertz CT molecular complexity index is 793. The Kier molecular flexibility index (Phi) is 3.66. The number of hydrogen-bond donors (Lipinski definition) is 2. The molecule has 4 nitrogen and oxygen atoms in total. The molecule has 1 aromatic heterocycles. The molecule has 0 radical (unpaired) electrons. The van der Waals surface area contributed by atoms with E-state index in [1.807, 2.05) is 18.2 Å². The molecule has 0 aliphatic carbocycles. The van der Waals surface area contributed by atoms with Crippen molar-refractivity contribution in [2.75, 3.05) is 0 Å². The van der Waals surface area contributed by atoms with Crippen LogP contribution in [0.5, 0.6) is 0 Å². The van der Waals surface area contributed by atoms with Gasteiger partial charge in [0.25, 0.3) is 0 Å². The topological polar surface area (TPSA) is 71.8 Å². The molecule has 0 fully saturated rings. The number of fused-ring (bicyclic) bond motifs is 1. The number of carbonyl (C=O) groups excluding carboxylic acids is 1.